The summed E-state index contributed by atoms with van der Waals surface area (Å²) in [5.74, 6) is -0.771. The number of piperidine rings is 1. The number of oxime groups is 1. The normalized spacial score (nSPS) is 18.3. The number of halogens is 3. The standard InChI is InChI=1S/C12H18F3N5O/c1-7-9(10(16)18-21)11(19(2)17-7)20-5-3-8(4-6-20)12(13,14)15/h8,21H,3-6H2,1-2H3,(H2,16,18). The van der Waals surface area contributed by atoms with Crippen molar-refractivity contribution in [1.29, 1.82) is 0 Å². The highest BCUT2D eigenvalue weighted by Crippen LogP contribution is 2.36. The summed E-state index contributed by atoms with van der Waals surface area (Å²) in [5, 5.41) is 16.0. The summed E-state index contributed by atoms with van der Waals surface area (Å²) in [6.07, 6.45) is -4.09. The molecule has 0 amide bonds. The Labute approximate surface area is 120 Å². The first kappa shape index (κ1) is 15.5. The first-order valence-electron chi connectivity index (χ1n) is 6.58. The minimum atomic E-state index is -4.15. The maximum atomic E-state index is 12.7. The lowest BCUT2D eigenvalue weighted by molar-refractivity contribution is -0.179. The molecule has 1 aromatic heterocycles. The van der Waals surface area contributed by atoms with Crippen molar-refractivity contribution in [2.45, 2.75) is 25.9 Å². The Balaban J connectivity index is 2.25. The number of alkyl halides is 3. The fourth-order valence-electron chi connectivity index (χ4n) is 2.78. The molecule has 1 aliphatic rings. The van der Waals surface area contributed by atoms with Crippen LogP contribution in [0.3, 0.4) is 0 Å². The van der Waals surface area contributed by atoms with Gasteiger partial charge >= 0.3 is 6.18 Å². The van der Waals surface area contributed by atoms with E-state index in [-0.39, 0.29) is 31.8 Å². The fourth-order valence-corrected chi connectivity index (χ4v) is 2.78. The molecule has 0 unspecified atom stereocenters. The molecule has 0 atom stereocenters. The summed E-state index contributed by atoms with van der Waals surface area (Å²) < 4.78 is 39.7. The van der Waals surface area contributed by atoms with Gasteiger partial charge in [-0.25, -0.2) is 0 Å². The summed E-state index contributed by atoms with van der Waals surface area (Å²) >= 11 is 0. The number of nitrogens with zero attached hydrogens (tertiary/aromatic N) is 4. The molecule has 2 heterocycles. The lowest BCUT2D eigenvalue weighted by Crippen LogP contribution is -2.40. The Morgan fingerprint density at radius 2 is 1.95 bits per heavy atom. The zero-order valence-corrected chi connectivity index (χ0v) is 11.9. The van der Waals surface area contributed by atoms with Crippen LogP contribution in [-0.2, 0) is 7.05 Å². The molecule has 6 nitrogen and oxygen atoms in total. The Bertz CT molecular complexity index is 544. The third-order valence-corrected chi connectivity index (χ3v) is 3.81. The maximum Gasteiger partial charge on any atom is 0.391 e. The van der Waals surface area contributed by atoms with E-state index in [0.717, 1.165) is 0 Å². The summed E-state index contributed by atoms with van der Waals surface area (Å²) in [5.41, 5.74) is 6.69. The lowest BCUT2D eigenvalue weighted by Gasteiger charge is -2.34. The Hall–Kier alpha value is -1.93. The molecule has 118 valence electrons. The predicted molar refractivity (Wildman–Crippen MR) is 71.4 cm³/mol. The van der Waals surface area contributed by atoms with Crippen molar-refractivity contribution in [3.63, 3.8) is 0 Å². The summed E-state index contributed by atoms with van der Waals surface area (Å²) in [4.78, 5) is 1.80. The molecule has 21 heavy (non-hydrogen) atoms. The second-order valence-corrected chi connectivity index (χ2v) is 5.20. The van der Waals surface area contributed by atoms with E-state index >= 15 is 0 Å². The van der Waals surface area contributed by atoms with Crippen LogP contribution < -0.4 is 10.6 Å². The molecule has 1 fully saturated rings. The smallest absolute Gasteiger partial charge is 0.391 e. The van der Waals surface area contributed by atoms with Crippen molar-refractivity contribution < 1.29 is 18.4 Å². The minimum Gasteiger partial charge on any atom is -0.409 e. The zero-order chi connectivity index (χ0) is 15.8. The zero-order valence-electron chi connectivity index (χ0n) is 11.9. The van der Waals surface area contributed by atoms with Gasteiger partial charge in [0, 0.05) is 20.1 Å². The van der Waals surface area contributed by atoms with E-state index < -0.39 is 12.1 Å². The van der Waals surface area contributed by atoms with E-state index in [0.29, 0.717) is 17.1 Å². The second-order valence-electron chi connectivity index (χ2n) is 5.20. The van der Waals surface area contributed by atoms with Crippen molar-refractivity contribution in [1.82, 2.24) is 9.78 Å². The van der Waals surface area contributed by atoms with Gasteiger partial charge in [-0.15, -0.1) is 0 Å². The van der Waals surface area contributed by atoms with E-state index in [2.05, 4.69) is 10.3 Å². The first-order chi connectivity index (χ1) is 9.75. The Morgan fingerprint density at radius 3 is 2.43 bits per heavy atom. The van der Waals surface area contributed by atoms with Gasteiger partial charge in [-0.05, 0) is 19.8 Å². The highest BCUT2D eigenvalue weighted by atomic mass is 19.4. The molecule has 0 aromatic carbocycles. The van der Waals surface area contributed by atoms with Crippen molar-refractivity contribution >= 4 is 11.7 Å². The fraction of sp³-hybridized carbons (Fsp3) is 0.667. The van der Waals surface area contributed by atoms with Crippen LogP contribution in [0.5, 0.6) is 0 Å². The van der Waals surface area contributed by atoms with Gasteiger partial charge < -0.3 is 15.8 Å². The number of aryl methyl sites for hydroxylation is 2. The summed E-state index contributed by atoms with van der Waals surface area (Å²) in [6, 6.07) is 0. The van der Waals surface area contributed by atoms with Crippen molar-refractivity contribution in [2.24, 2.45) is 23.9 Å². The first-order valence-corrected chi connectivity index (χ1v) is 6.58. The highest BCUT2D eigenvalue weighted by molar-refractivity contribution is 6.02. The van der Waals surface area contributed by atoms with Gasteiger partial charge in [0.2, 0.25) is 0 Å². The van der Waals surface area contributed by atoms with Gasteiger partial charge in [0.05, 0.1) is 17.2 Å². The van der Waals surface area contributed by atoms with Crippen LogP contribution in [-0.4, -0.2) is 40.1 Å². The topological polar surface area (TPSA) is 79.7 Å². The quantitative estimate of drug-likeness (QED) is 0.376. The van der Waals surface area contributed by atoms with E-state index in [1.165, 1.54) is 0 Å². The third kappa shape index (κ3) is 2.91. The van der Waals surface area contributed by atoms with Crippen LogP contribution in [0, 0.1) is 12.8 Å². The molecule has 2 rings (SSSR count). The molecule has 0 saturated carbocycles. The van der Waals surface area contributed by atoms with Gasteiger partial charge in [0.15, 0.2) is 5.84 Å². The average molecular weight is 305 g/mol. The average Bonchev–Trinajstić information content (AvgIpc) is 2.71. The summed E-state index contributed by atoms with van der Waals surface area (Å²) in [6.45, 7) is 2.23. The molecule has 0 radical (unpaired) electrons. The van der Waals surface area contributed by atoms with Crippen LogP contribution in [0.1, 0.15) is 24.1 Å². The lowest BCUT2D eigenvalue weighted by atomic mass is 9.96. The number of hydrogen-bond acceptors (Lipinski definition) is 4. The van der Waals surface area contributed by atoms with E-state index in [4.69, 9.17) is 10.9 Å². The molecule has 0 bridgehead atoms. The Kier molecular flexibility index (Phi) is 4.02. The third-order valence-electron chi connectivity index (χ3n) is 3.81. The number of aromatic nitrogens is 2. The van der Waals surface area contributed by atoms with Crippen molar-refractivity contribution in [3.05, 3.63) is 11.3 Å². The SMILES string of the molecule is Cc1nn(C)c(N2CCC(C(F)(F)F)CC2)c1C(N)=NO. The summed E-state index contributed by atoms with van der Waals surface area (Å²) in [7, 11) is 1.69. The van der Waals surface area contributed by atoms with Crippen LogP contribution in [0.25, 0.3) is 0 Å². The molecule has 3 N–H and O–H groups in total. The van der Waals surface area contributed by atoms with E-state index in [1.54, 1.807) is 23.6 Å². The molecule has 1 aliphatic heterocycles. The minimum absolute atomic E-state index is 0.0311. The Morgan fingerprint density at radius 1 is 1.38 bits per heavy atom. The van der Waals surface area contributed by atoms with Crippen LogP contribution >= 0.6 is 0 Å². The van der Waals surface area contributed by atoms with Gasteiger partial charge in [0.1, 0.15) is 5.82 Å². The molecule has 1 aromatic rings. The van der Waals surface area contributed by atoms with E-state index in [9.17, 15) is 13.2 Å². The molecule has 0 spiro atoms. The number of rotatable bonds is 2. The predicted octanol–water partition coefficient (Wildman–Crippen LogP) is 1.60. The molecule has 0 aliphatic carbocycles. The monoisotopic (exact) mass is 305 g/mol. The maximum absolute atomic E-state index is 12.7. The molecule has 1 saturated heterocycles. The van der Waals surface area contributed by atoms with Gasteiger partial charge in [0.25, 0.3) is 0 Å². The number of anilines is 1. The number of nitrogens with two attached hydrogens (primary N) is 1. The molecular formula is C12H18F3N5O. The van der Waals surface area contributed by atoms with Gasteiger partial charge in [-0.1, -0.05) is 5.16 Å². The van der Waals surface area contributed by atoms with E-state index in [1.807, 2.05) is 0 Å². The number of hydrogen-bond donors (Lipinski definition) is 2. The van der Waals surface area contributed by atoms with Crippen LogP contribution in [0.15, 0.2) is 5.16 Å². The highest BCUT2D eigenvalue weighted by Gasteiger charge is 2.41. The molecule has 9 heteroatoms. The molecular weight excluding hydrogens is 287 g/mol. The van der Waals surface area contributed by atoms with Crippen molar-refractivity contribution in [3.8, 4) is 0 Å². The van der Waals surface area contributed by atoms with Crippen molar-refractivity contribution in [2.75, 3.05) is 18.0 Å². The van der Waals surface area contributed by atoms with Crippen LogP contribution in [0.4, 0.5) is 19.0 Å². The van der Waals surface area contributed by atoms with Gasteiger partial charge in [-0.2, -0.15) is 18.3 Å². The van der Waals surface area contributed by atoms with Gasteiger partial charge in [-0.3, -0.25) is 4.68 Å². The van der Waals surface area contributed by atoms with Crippen LogP contribution in [0.2, 0.25) is 0 Å². The second kappa shape index (κ2) is 5.45. The number of amidine groups is 1. The largest absolute Gasteiger partial charge is 0.409 e.